The number of amides is 5. The van der Waals surface area contributed by atoms with E-state index in [2.05, 4.69) is 51.0 Å². The molecule has 1 rings (SSSR count). The van der Waals surface area contributed by atoms with Gasteiger partial charge in [-0.1, -0.05) is 115 Å². The number of hydrogen-bond acceptors (Lipinski definition) is 8. The van der Waals surface area contributed by atoms with E-state index in [1.165, 1.54) is 45.4 Å². The largest absolute Gasteiger partial charge is 0.394 e. The molecule has 340 valence electrons. The molecule has 0 saturated carbocycles. The normalized spacial score (nSPS) is 14.3. The molecule has 0 unspecified atom stereocenters. The minimum Gasteiger partial charge on any atom is -0.394 e. The number of benzene rings is 1. The zero-order chi connectivity index (χ0) is 44.7. The van der Waals surface area contributed by atoms with Crippen molar-refractivity contribution < 1.29 is 34.2 Å². The average Bonchev–Trinajstić information content (AvgIpc) is 3.20. The molecular formula is C45H78N8O7. The molecule has 15 heteroatoms. The number of rotatable bonds is 33. The van der Waals surface area contributed by atoms with Gasteiger partial charge in [-0.05, 0) is 70.3 Å². The number of nitrogens with two attached hydrogens (primary N) is 1. The van der Waals surface area contributed by atoms with Crippen LogP contribution in [-0.4, -0.2) is 95.2 Å². The number of carbonyl (C=O) groups is 5. The SMILES string of the molecule is CCCCCCCC/C=C/CCCCCCCC(=O)N[C@H](C(=O)N[C@H](C(=O)N[C@@H](Cc1ccccc1)C(=O)N[C@@H](CCCNC(=N)N)C(=O)N[C@H](C)CO)C(C)C)[C@@H](C)O. The third-order valence-electron chi connectivity index (χ3n) is 10.2. The van der Waals surface area contributed by atoms with Crippen LogP contribution in [0, 0.1) is 11.3 Å². The van der Waals surface area contributed by atoms with Crippen LogP contribution < -0.4 is 37.6 Å². The zero-order valence-electron chi connectivity index (χ0n) is 37.0. The van der Waals surface area contributed by atoms with E-state index in [4.69, 9.17) is 11.1 Å². The van der Waals surface area contributed by atoms with Gasteiger partial charge in [0.25, 0.3) is 0 Å². The fourth-order valence-electron chi connectivity index (χ4n) is 6.57. The van der Waals surface area contributed by atoms with Crippen LogP contribution in [-0.2, 0) is 30.4 Å². The first-order valence-corrected chi connectivity index (χ1v) is 22.3. The van der Waals surface area contributed by atoms with Crippen molar-refractivity contribution in [1.82, 2.24) is 31.9 Å². The molecule has 0 saturated heterocycles. The maximum Gasteiger partial charge on any atom is 0.245 e. The van der Waals surface area contributed by atoms with Crippen LogP contribution >= 0.6 is 0 Å². The highest BCUT2D eigenvalue weighted by atomic mass is 16.3. The van der Waals surface area contributed by atoms with Gasteiger partial charge in [-0.2, -0.15) is 0 Å². The van der Waals surface area contributed by atoms with Gasteiger partial charge in [0.2, 0.25) is 29.5 Å². The van der Waals surface area contributed by atoms with Crippen LogP contribution in [0.25, 0.3) is 0 Å². The lowest BCUT2D eigenvalue weighted by Gasteiger charge is -2.29. The quantitative estimate of drug-likeness (QED) is 0.0212. The highest BCUT2D eigenvalue weighted by molar-refractivity contribution is 5.96. The van der Waals surface area contributed by atoms with Crippen LogP contribution in [0.4, 0.5) is 0 Å². The third-order valence-corrected chi connectivity index (χ3v) is 10.2. The Bertz CT molecular complexity index is 1430. The number of unbranched alkanes of at least 4 members (excludes halogenated alkanes) is 11. The lowest BCUT2D eigenvalue weighted by molar-refractivity contribution is -0.136. The van der Waals surface area contributed by atoms with E-state index in [0.717, 1.165) is 44.1 Å². The smallest absolute Gasteiger partial charge is 0.245 e. The first-order chi connectivity index (χ1) is 28.7. The van der Waals surface area contributed by atoms with Crippen LogP contribution in [0.5, 0.6) is 0 Å². The predicted molar refractivity (Wildman–Crippen MR) is 238 cm³/mol. The number of nitrogens with one attached hydrogen (secondary N) is 7. The molecule has 0 radical (unpaired) electrons. The molecule has 0 spiro atoms. The Labute approximate surface area is 359 Å². The number of hydrogen-bond donors (Lipinski definition) is 10. The molecule has 1 aromatic rings. The van der Waals surface area contributed by atoms with Crippen molar-refractivity contribution in [1.29, 1.82) is 5.41 Å². The minimum atomic E-state index is -1.31. The average molecular weight is 843 g/mol. The van der Waals surface area contributed by atoms with Gasteiger partial charge in [0, 0.05) is 25.4 Å². The first kappa shape index (κ1) is 53.5. The molecule has 5 amide bonds. The van der Waals surface area contributed by atoms with Gasteiger partial charge in [-0.25, -0.2) is 0 Å². The van der Waals surface area contributed by atoms with Crippen molar-refractivity contribution in [2.24, 2.45) is 11.7 Å². The summed E-state index contributed by atoms with van der Waals surface area (Å²) in [5.74, 6) is -3.66. The van der Waals surface area contributed by atoms with Crippen LogP contribution in [0.2, 0.25) is 0 Å². The fourth-order valence-corrected chi connectivity index (χ4v) is 6.57. The summed E-state index contributed by atoms with van der Waals surface area (Å²) < 4.78 is 0. The van der Waals surface area contributed by atoms with Crippen LogP contribution in [0.15, 0.2) is 42.5 Å². The lowest BCUT2D eigenvalue weighted by Crippen LogP contribution is -2.61. The summed E-state index contributed by atoms with van der Waals surface area (Å²) in [5, 5.41) is 43.5. The zero-order valence-corrected chi connectivity index (χ0v) is 37.0. The first-order valence-electron chi connectivity index (χ1n) is 22.3. The Kier molecular flexibility index (Phi) is 28.8. The Morgan fingerprint density at radius 3 is 1.80 bits per heavy atom. The van der Waals surface area contributed by atoms with Gasteiger partial charge in [0.1, 0.15) is 24.2 Å². The van der Waals surface area contributed by atoms with E-state index >= 15 is 0 Å². The molecule has 6 atom stereocenters. The monoisotopic (exact) mass is 843 g/mol. The fraction of sp³-hybridized carbons (Fsp3) is 0.689. The topological polar surface area (TPSA) is 248 Å². The van der Waals surface area contributed by atoms with Crippen molar-refractivity contribution >= 4 is 35.5 Å². The summed E-state index contributed by atoms with van der Waals surface area (Å²) in [7, 11) is 0. The summed E-state index contributed by atoms with van der Waals surface area (Å²) >= 11 is 0. The van der Waals surface area contributed by atoms with Gasteiger partial charge >= 0.3 is 0 Å². The molecule has 0 fully saturated rings. The predicted octanol–water partition coefficient (Wildman–Crippen LogP) is 4.00. The maximum absolute atomic E-state index is 13.9. The van der Waals surface area contributed by atoms with E-state index in [1.54, 1.807) is 45.0 Å². The van der Waals surface area contributed by atoms with Gasteiger partial charge in [-0.15, -0.1) is 0 Å². The summed E-state index contributed by atoms with van der Waals surface area (Å²) in [5.41, 5.74) is 6.11. The molecule has 0 heterocycles. The Hall–Kier alpha value is -4.50. The van der Waals surface area contributed by atoms with E-state index in [9.17, 15) is 34.2 Å². The Morgan fingerprint density at radius 2 is 1.23 bits per heavy atom. The second-order valence-corrected chi connectivity index (χ2v) is 16.2. The van der Waals surface area contributed by atoms with Crippen molar-refractivity contribution in [2.75, 3.05) is 13.2 Å². The summed E-state index contributed by atoms with van der Waals surface area (Å²) in [6, 6.07) is 3.74. The van der Waals surface area contributed by atoms with Gasteiger partial charge in [-0.3, -0.25) is 29.4 Å². The summed E-state index contributed by atoms with van der Waals surface area (Å²) in [6.07, 6.45) is 18.8. The number of aliphatic hydroxyl groups is 2. The maximum atomic E-state index is 13.9. The highest BCUT2D eigenvalue weighted by Crippen LogP contribution is 2.12. The van der Waals surface area contributed by atoms with E-state index in [0.29, 0.717) is 12.8 Å². The Balaban J connectivity index is 2.85. The lowest BCUT2D eigenvalue weighted by atomic mass is 9.99. The van der Waals surface area contributed by atoms with Crippen LogP contribution in [0.1, 0.15) is 143 Å². The second kappa shape index (κ2) is 32.3. The summed E-state index contributed by atoms with van der Waals surface area (Å²) in [4.78, 5) is 67.3. The van der Waals surface area contributed by atoms with Crippen LogP contribution in [0.3, 0.4) is 0 Å². The van der Waals surface area contributed by atoms with E-state index in [1.807, 2.05) is 6.07 Å². The highest BCUT2D eigenvalue weighted by Gasteiger charge is 2.34. The molecule has 0 aliphatic carbocycles. The molecule has 11 N–H and O–H groups in total. The molecule has 0 aliphatic rings. The van der Waals surface area contributed by atoms with E-state index in [-0.39, 0.29) is 44.3 Å². The van der Waals surface area contributed by atoms with Crippen molar-refractivity contribution in [3.63, 3.8) is 0 Å². The molecule has 1 aromatic carbocycles. The third kappa shape index (κ3) is 24.6. The molecule has 15 nitrogen and oxygen atoms in total. The summed E-state index contributed by atoms with van der Waals surface area (Å²) in [6.45, 7) is 8.63. The second-order valence-electron chi connectivity index (χ2n) is 16.2. The van der Waals surface area contributed by atoms with Gasteiger partial charge in [0.05, 0.1) is 12.7 Å². The number of guanidine groups is 1. The standard InChI is InChI=1S/C45H78N8O7/c1-6-7-8-9-10-11-12-13-14-15-16-17-18-19-23-28-38(56)52-40(34(5)55)44(60)53-39(32(2)3)43(59)51-37(30-35-25-21-20-22-26-35)42(58)50-36(27-24-29-48-45(46)47)41(57)49-33(4)31-54/h13-14,20-22,25-26,32-34,36-37,39-40,54-55H,6-12,15-19,23-24,27-31H2,1-5H3,(H,49,57)(H,50,58)(H,51,59)(H,52,56)(H,53,60)(H4,46,47,48)/b14-13+/t33-,34-,36+,37+,39+,40+/m1/s1. The molecule has 60 heavy (non-hydrogen) atoms. The minimum absolute atomic E-state index is 0.0627. The van der Waals surface area contributed by atoms with E-state index < -0.39 is 65.9 Å². The van der Waals surface area contributed by atoms with Crippen molar-refractivity contribution in [3.05, 3.63) is 48.0 Å². The Morgan fingerprint density at radius 1 is 0.683 bits per heavy atom. The molecule has 0 aliphatic heterocycles. The number of aliphatic hydroxyl groups excluding tert-OH is 2. The van der Waals surface area contributed by atoms with Crippen molar-refractivity contribution in [2.45, 2.75) is 180 Å². The number of allylic oxidation sites excluding steroid dienone is 2. The molecular weight excluding hydrogens is 765 g/mol. The van der Waals surface area contributed by atoms with Crippen molar-refractivity contribution in [3.8, 4) is 0 Å². The number of carbonyl (C=O) groups excluding carboxylic acids is 5. The van der Waals surface area contributed by atoms with Gasteiger partial charge < -0.3 is 47.8 Å². The molecule has 0 aromatic heterocycles. The van der Waals surface area contributed by atoms with Gasteiger partial charge in [0.15, 0.2) is 5.96 Å². The molecule has 0 bridgehead atoms.